The van der Waals surface area contributed by atoms with Gasteiger partial charge in [0.2, 0.25) is 0 Å². The fraction of sp³-hybridized carbons (Fsp3) is 0.304. The number of aromatic nitrogens is 1. The summed E-state index contributed by atoms with van der Waals surface area (Å²) in [6, 6.07) is 8.96. The average Bonchev–Trinajstić information content (AvgIpc) is 3.00. The molecule has 3 nitrogen and oxygen atoms in total. The smallest absolute Gasteiger partial charge is 0.347 e. The first kappa shape index (κ1) is 24.9. The van der Waals surface area contributed by atoms with Gasteiger partial charge in [-0.25, -0.2) is 8.42 Å². The van der Waals surface area contributed by atoms with E-state index in [0.717, 1.165) is 6.07 Å². The largest absolute Gasteiger partial charge is 0.417 e. The van der Waals surface area contributed by atoms with Crippen LogP contribution in [0.25, 0.3) is 27.6 Å². The second kappa shape index (κ2) is 8.55. The molecule has 0 bridgehead atoms. The molecule has 0 aliphatic rings. The number of halogens is 6. The predicted octanol–water partition coefficient (Wildman–Crippen LogP) is 6.93. The van der Waals surface area contributed by atoms with Crippen molar-refractivity contribution in [1.82, 2.24) is 4.57 Å². The first-order chi connectivity index (χ1) is 15.1. The van der Waals surface area contributed by atoms with E-state index in [2.05, 4.69) is 0 Å². The van der Waals surface area contributed by atoms with Gasteiger partial charge in [0.05, 0.1) is 11.1 Å². The lowest BCUT2D eigenvalue weighted by molar-refractivity contribution is -0.137. The molecule has 0 fully saturated rings. The third kappa shape index (κ3) is 5.61. The van der Waals surface area contributed by atoms with Crippen molar-refractivity contribution in [2.75, 3.05) is 6.26 Å². The second-order valence-corrected chi connectivity index (χ2v) is 10.1. The highest BCUT2D eigenvalue weighted by molar-refractivity contribution is 7.93. The monoisotopic (exact) mass is 489 g/mol. The van der Waals surface area contributed by atoms with Crippen LogP contribution >= 0.6 is 0 Å². The Balaban J connectivity index is 2.33. The van der Waals surface area contributed by atoms with Crippen molar-refractivity contribution in [1.29, 1.82) is 0 Å². The third-order valence-electron chi connectivity index (χ3n) is 4.92. The molecule has 0 atom stereocenters. The maximum atomic E-state index is 13.8. The SMILES string of the molecule is CC(C)Cn1cc(/C(=C/S(C)(=O)=O)C(F)(F)F)c2ccc(-c3ccccc3C(F)(F)F)cc21. The van der Waals surface area contributed by atoms with Crippen LogP contribution in [0.5, 0.6) is 0 Å². The molecule has 3 aromatic rings. The number of hydrogen-bond donors (Lipinski definition) is 0. The molecule has 33 heavy (non-hydrogen) atoms. The van der Waals surface area contributed by atoms with Gasteiger partial charge >= 0.3 is 12.4 Å². The quantitative estimate of drug-likeness (QED) is 0.365. The normalized spacial score (nSPS) is 13.8. The molecular weight excluding hydrogens is 468 g/mol. The van der Waals surface area contributed by atoms with Crippen molar-refractivity contribution in [2.24, 2.45) is 5.92 Å². The minimum absolute atomic E-state index is 0.00721. The molecule has 1 heterocycles. The summed E-state index contributed by atoms with van der Waals surface area (Å²) in [6.07, 6.45) is -7.70. The lowest BCUT2D eigenvalue weighted by atomic mass is 9.97. The molecule has 0 radical (unpaired) electrons. The van der Waals surface area contributed by atoms with E-state index in [4.69, 9.17) is 0 Å². The van der Waals surface area contributed by atoms with Crippen LogP contribution in [0, 0.1) is 5.92 Å². The van der Waals surface area contributed by atoms with Crippen LogP contribution in [0.1, 0.15) is 25.0 Å². The summed E-state index contributed by atoms with van der Waals surface area (Å²) in [5.41, 5.74) is -2.18. The minimum Gasteiger partial charge on any atom is -0.347 e. The van der Waals surface area contributed by atoms with E-state index in [1.54, 1.807) is 0 Å². The summed E-state index contributed by atoms with van der Waals surface area (Å²) >= 11 is 0. The molecule has 10 heteroatoms. The first-order valence-electron chi connectivity index (χ1n) is 9.86. The Morgan fingerprint density at radius 2 is 1.67 bits per heavy atom. The highest BCUT2D eigenvalue weighted by atomic mass is 32.2. The van der Waals surface area contributed by atoms with E-state index in [1.165, 1.54) is 47.2 Å². The molecule has 0 aliphatic carbocycles. The fourth-order valence-corrected chi connectivity index (χ4v) is 4.39. The topological polar surface area (TPSA) is 39.1 Å². The van der Waals surface area contributed by atoms with Crippen LogP contribution in [0.2, 0.25) is 0 Å². The number of fused-ring (bicyclic) bond motifs is 1. The molecule has 1 aromatic heterocycles. The van der Waals surface area contributed by atoms with Gasteiger partial charge in [-0.15, -0.1) is 0 Å². The van der Waals surface area contributed by atoms with E-state index in [9.17, 15) is 34.8 Å². The number of benzene rings is 2. The number of nitrogens with zero attached hydrogens (tertiary/aromatic N) is 1. The van der Waals surface area contributed by atoms with Gasteiger partial charge in [0, 0.05) is 40.9 Å². The van der Waals surface area contributed by atoms with Gasteiger partial charge in [0.1, 0.15) is 0 Å². The zero-order valence-electron chi connectivity index (χ0n) is 17.9. The van der Waals surface area contributed by atoms with Crippen molar-refractivity contribution < 1.29 is 34.8 Å². The molecule has 178 valence electrons. The highest BCUT2D eigenvalue weighted by Gasteiger charge is 2.38. The Hall–Kier alpha value is -2.75. The molecule has 0 amide bonds. The first-order valence-corrected chi connectivity index (χ1v) is 11.8. The van der Waals surface area contributed by atoms with E-state index < -0.39 is 33.3 Å². The van der Waals surface area contributed by atoms with Gasteiger partial charge in [0.25, 0.3) is 0 Å². The molecular formula is C23H21F6NO2S. The van der Waals surface area contributed by atoms with E-state index in [-0.39, 0.29) is 45.5 Å². The summed E-state index contributed by atoms with van der Waals surface area (Å²) < 4.78 is 107. The average molecular weight is 489 g/mol. The lowest BCUT2D eigenvalue weighted by Gasteiger charge is -2.14. The third-order valence-corrected chi connectivity index (χ3v) is 5.58. The number of allylic oxidation sites excluding steroid dienone is 1. The summed E-state index contributed by atoms with van der Waals surface area (Å²) in [4.78, 5) is 0. The van der Waals surface area contributed by atoms with Gasteiger partial charge in [-0.3, -0.25) is 0 Å². The highest BCUT2D eigenvalue weighted by Crippen LogP contribution is 2.42. The van der Waals surface area contributed by atoms with Crippen molar-refractivity contribution in [2.45, 2.75) is 32.7 Å². The molecule has 2 aromatic carbocycles. The van der Waals surface area contributed by atoms with Gasteiger partial charge < -0.3 is 4.57 Å². The Labute approximate surface area is 187 Å². The standard InChI is InChI=1S/C23H21F6NO2S/c1-14(2)11-30-12-18(20(23(27,28)29)13-33(3,31)32)17-9-8-15(10-21(17)30)16-6-4-5-7-19(16)22(24,25)26/h4-10,12-14H,11H2,1-3H3/b20-13-. The Morgan fingerprint density at radius 1 is 1.03 bits per heavy atom. The summed E-state index contributed by atoms with van der Waals surface area (Å²) in [5, 5.41) is 0.269. The van der Waals surface area contributed by atoms with Crippen LogP contribution in [-0.4, -0.2) is 25.4 Å². The minimum atomic E-state index is -4.96. The van der Waals surface area contributed by atoms with Crippen molar-refractivity contribution in [3.05, 3.63) is 65.2 Å². The Bertz CT molecular complexity index is 1310. The van der Waals surface area contributed by atoms with Crippen LogP contribution < -0.4 is 0 Å². The van der Waals surface area contributed by atoms with Crippen molar-refractivity contribution in [3.63, 3.8) is 0 Å². The van der Waals surface area contributed by atoms with E-state index >= 15 is 0 Å². The van der Waals surface area contributed by atoms with Gasteiger partial charge in [-0.05, 0) is 29.2 Å². The van der Waals surface area contributed by atoms with Crippen LogP contribution in [0.3, 0.4) is 0 Å². The van der Waals surface area contributed by atoms with Crippen molar-refractivity contribution >= 4 is 26.3 Å². The number of rotatable bonds is 5. The molecule has 0 spiro atoms. The molecule has 0 aliphatic heterocycles. The molecule has 0 unspecified atom stereocenters. The lowest BCUT2D eigenvalue weighted by Crippen LogP contribution is -2.12. The van der Waals surface area contributed by atoms with Gasteiger partial charge in [-0.1, -0.05) is 44.2 Å². The molecule has 3 rings (SSSR count). The van der Waals surface area contributed by atoms with Crippen molar-refractivity contribution in [3.8, 4) is 11.1 Å². The Morgan fingerprint density at radius 3 is 2.21 bits per heavy atom. The zero-order valence-corrected chi connectivity index (χ0v) is 18.7. The molecule has 0 saturated heterocycles. The van der Waals surface area contributed by atoms with Crippen LogP contribution in [0.4, 0.5) is 26.3 Å². The maximum absolute atomic E-state index is 13.8. The molecule has 0 saturated carbocycles. The fourth-order valence-electron chi connectivity index (χ4n) is 3.70. The van der Waals surface area contributed by atoms with Gasteiger partial charge in [0.15, 0.2) is 9.84 Å². The van der Waals surface area contributed by atoms with Crippen LogP contribution in [-0.2, 0) is 22.6 Å². The zero-order chi connectivity index (χ0) is 24.8. The number of sulfone groups is 1. The Kier molecular flexibility index (Phi) is 6.45. The number of alkyl halides is 6. The van der Waals surface area contributed by atoms with Gasteiger partial charge in [-0.2, -0.15) is 26.3 Å². The van der Waals surface area contributed by atoms with E-state index in [0.29, 0.717) is 6.26 Å². The number of hydrogen-bond acceptors (Lipinski definition) is 2. The summed E-state index contributed by atoms with van der Waals surface area (Å²) in [5.74, 6) is 0.00721. The molecule has 0 N–H and O–H groups in total. The summed E-state index contributed by atoms with van der Waals surface area (Å²) in [6.45, 7) is 3.96. The maximum Gasteiger partial charge on any atom is 0.417 e. The second-order valence-electron chi connectivity index (χ2n) is 8.22. The predicted molar refractivity (Wildman–Crippen MR) is 116 cm³/mol. The van der Waals surface area contributed by atoms with E-state index in [1.807, 2.05) is 13.8 Å². The summed E-state index contributed by atoms with van der Waals surface area (Å²) in [7, 11) is -4.13. The van der Waals surface area contributed by atoms with Crippen LogP contribution in [0.15, 0.2) is 54.1 Å².